The summed E-state index contributed by atoms with van der Waals surface area (Å²) in [4.78, 5) is 26.4. The van der Waals surface area contributed by atoms with E-state index in [4.69, 9.17) is 0 Å². The van der Waals surface area contributed by atoms with Crippen molar-refractivity contribution in [1.82, 2.24) is 10.2 Å². The van der Waals surface area contributed by atoms with E-state index >= 15 is 0 Å². The van der Waals surface area contributed by atoms with Crippen LogP contribution in [-0.2, 0) is 9.59 Å². The minimum absolute atomic E-state index is 0.0714. The molecule has 5 nitrogen and oxygen atoms in total. The third-order valence-electron chi connectivity index (χ3n) is 5.34. The number of carbonyl (C=O) groups is 2. The van der Waals surface area contributed by atoms with E-state index < -0.39 is 29.8 Å². The van der Waals surface area contributed by atoms with Crippen LogP contribution in [0.15, 0.2) is 24.3 Å². The normalized spacial score (nSPS) is 28.8. The summed E-state index contributed by atoms with van der Waals surface area (Å²) in [6, 6.07) is 4.88. The van der Waals surface area contributed by atoms with Crippen molar-refractivity contribution in [2.45, 2.75) is 45.2 Å². The van der Waals surface area contributed by atoms with E-state index in [1.54, 1.807) is 18.2 Å². The summed E-state index contributed by atoms with van der Waals surface area (Å²) in [5.41, 5.74) is 0.382. The molecule has 3 unspecified atom stereocenters. The number of amides is 1. The lowest BCUT2D eigenvalue weighted by atomic mass is 9.84. The number of nitrogens with one attached hydrogen (secondary N) is 1. The lowest BCUT2D eigenvalue weighted by molar-refractivity contribution is -0.142. The van der Waals surface area contributed by atoms with Crippen LogP contribution in [0, 0.1) is 17.2 Å². The number of carboxylic acids is 1. The Labute approximate surface area is 147 Å². The second-order valence-corrected chi connectivity index (χ2v) is 7.93. The highest BCUT2D eigenvalue weighted by molar-refractivity contribution is 5.84. The molecule has 2 saturated heterocycles. The lowest BCUT2D eigenvalue weighted by Gasteiger charge is -2.39. The molecule has 3 rings (SSSR count). The fourth-order valence-electron chi connectivity index (χ4n) is 4.07. The van der Waals surface area contributed by atoms with E-state index in [1.165, 1.54) is 6.07 Å². The van der Waals surface area contributed by atoms with Crippen molar-refractivity contribution in [2.24, 2.45) is 11.3 Å². The van der Waals surface area contributed by atoms with E-state index in [0.29, 0.717) is 18.7 Å². The average Bonchev–Trinajstić information content (AvgIpc) is 2.99. The maximum absolute atomic E-state index is 14.1. The Kier molecular flexibility index (Phi) is 4.82. The topological polar surface area (TPSA) is 69.6 Å². The van der Waals surface area contributed by atoms with Gasteiger partial charge in [0.15, 0.2) is 0 Å². The Balaban J connectivity index is 1.79. The van der Waals surface area contributed by atoms with Crippen LogP contribution >= 0.6 is 0 Å². The van der Waals surface area contributed by atoms with Crippen molar-refractivity contribution < 1.29 is 19.1 Å². The lowest BCUT2D eigenvalue weighted by Crippen LogP contribution is -2.50. The number of hydrogen-bond donors (Lipinski definition) is 2. The molecule has 2 heterocycles. The highest BCUT2D eigenvalue weighted by Crippen LogP contribution is 2.36. The highest BCUT2D eigenvalue weighted by Gasteiger charge is 2.44. The van der Waals surface area contributed by atoms with Gasteiger partial charge in [0, 0.05) is 24.7 Å². The number of aliphatic carboxylic acids is 1. The van der Waals surface area contributed by atoms with Crippen LogP contribution in [0.3, 0.4) is 0 Å². The van der Waals surface area contributed by atoms with Gasteiger partial charge in [-0.15, -0.1) is 0 Å². The first kappa shape index (κ1) is 17.9. The van der Waals surface area contributed by atoms with Crippen LogP contribution in [0.4, 0.5) is 4.39 Å². The number of carboxylic acid groups (broad SMARTS) is 1. The van der Waals surface area contributed by atoms with Gasteiger partial charge >= 0.3 is 5.97 Å². The molecule has 2 aliphatic rings. The molecule has 2 N–H and O–H groups in total. The number of halogens is 1. The first-order chi connectivity index (χ1) is 11.8. The number of hydrogen-bond acceptors (Lipinski definition) is 3. The van der Waals surface area contributed by atoms with Gasteiger partial charge in [0.2, 0.25) is 5.91 Å². The van der Waals surface area contributed by atoms with Crippen molar-refractivity contribution in [2.75, 3.05) is 13.1 Å². The number of benzene rings is 1. The van der Waals surface area contributed by atoms with Gasteiger partial charge in [0.1, 0.15) is 5.82 Å². The fourth-order valence-corrected chi connectivity index (χ4v) is 4.07. The highest BCUT2D eigenvalue weighted by atomic mass is 19.1. The van der Waals surface area contributed by atoms with Crippen molar-refractivity contribution >= 4 is 11.9 Å². The first-order valence-corrected chi connectivity index (χ1v) is 8.80. The molecule has 6 heteroatoms. The third kappa shape index (κ3) is 3.68. The molecule has 0 saturated carbocycles. The second-order valence-electron chi connectivity index (χ2n) is 7.93. The molecule has 0 spiro atoms. The van der Waals surface area contributed by atoms with Crippen LogP contribution in [-0.4, -0.2) is 41.0 Å². The summed E-state index contributed by atoms with van der Waals surface area (Å²) >= 11 is 0. The van der Waals surface area contributed by atoms with Crippen molar-refractivity contribution in [3.8, 4) is 0 Å². The zero-order valence-electron chi connectivity index (χ0n) is 14.7. The average molecular weight is 348 g/mol. The number of nitrogens with zero attached hydrogens (tertiary/aromatic N) is 1. The molecule has 0 aliphatic carbocycles. The van der Waals surface area contributed by atoms with Gasteiger partial charge in [-0.2, -0.15) is 0 Å². The molecule has 1 aromatic carbocycles. The number of piperidine rings is 1. The minimum atomic E-state index is -1.00. The predicted octanol–water partition coefficient (Wildman–Crippen LogP) is 2.58. The van der Waals surface area contributed by atoms with E-state index in [2.05, 4.69) is 19.2 Å². The summed E-state index contributed by atoms with van der Waals surface area (Å²) in [6.45, 7) is 5.64. The van der Waals surface area contributed by atoms with Gasteiger partial charge in [-0.3, -0.25) is 14.9 Å². The smallest absolute Gasteiger partial charge is 0.308 e. The van der Waals surface area contributed by atoms with Crippen LogP contribution in [0.5, 0.6) is 0 Å². The van der Waals surface area contributed by atoms with E-state index in [9.17, 15) is 19.1 Å². The summed E-state index contributed by atoms with van der Waals surface area (Å²) in [5, 5.41) is 12.6. The molecule has 3 atom stereocenters. The molecule has 1 aromatic rings. The molecule has 0 bridgehead atoms. The number of rotatable bonds is 3. The molecule has 136 valence electrons. The first-order valence-electron chi connectivity index (χ1n) is 8.80. The van der Waals surface area contributed by atoms with Gasteiger partial charge < -0.3 is 10.0 Å². The molecular weight excluding hydrogens is 323 g/mol. The Morgan fingerprint density at radius 3 is 2.68 bits per heavy atom. The van der Waals surface area contributed by atoms with Gasteiger partial charge in [0.05, 0.1) is 12.0 Å². The van der Waals surface area contributed by atoms with Crippen LogP contribution in [0.25, 0.3) is 0 Å². The summed E-state index contributed by atoms with van der Waals surface area (Å²) in [5.74, 6) is -2.34. The second kappa shape index (κ2) is 6.75. The Morgan fingerprint density at radius 2 is 2.04 bits per heavy atom. The van der Waals surface area contributed by atoms with E-state index in [0.717, 1.165) is 12.8 Å². The quantitative estimate of drug-likeness (QED) is 0.881. The summed E-state index contributed by atoms with van der Waals surface area (Å²) < 4.78 is 14.1. The molecule has 0 radical (unpaired) electrons. The van der Waals surface area contributed by atoms with Crippen molar-refractivity contribution in [1.29, 1.82) is 0 Å². The predicted molar refractivity (Wildman–Crippen MR) is 91.4 cm³/mol. The van der Waals surface area contributed by atoms with Gasteiger partial charge in [-0.05, 0) is 30.7 Å². The van der Waals surface area contributed by atoms with E-state index in [1.807, 2.05) is 4.90 Å². The summed E-state index contributed by atoms with van der Waals surface area (Å²) in [7, 11) is 0. The fraction of sp³-hybridized carbons (Fsp3) is 0.579. The zero-order chi connectivity index (χ0) is 18.2. The molecule has 2 aliphatic heterocycles. The number of carbonyl (C=O) groups excluding carboxylic acids is 1. The molecule has 0 aromatic heterocycles. The van der Waals surface area contributed by atoms with Crippen molar-refractivity contribution in [3.05, 3.63) is 35.6 Å². The van der Waals surface area contributed by atoms with Crippen LogP contribution < -0.4 is 5.32 Å². The maximum atomic E-state index is 14.1. The zero-order valence-corrected chi connectivity index (χ0v) is 14.7. The summed E-state index contributed by atoms with van der Waals surface area (Å²) in [6.07, 6.45) is 2.21. The Bertz CT molecular complexity index is 676. The molecule has 2 fully saturated rings. The van der Waals surface area contributed by atoms with Crippen LogP contribution in [0.2, 0.25) is 0 Å². The number of likely N-dealkylation sites (tertiary alicyclic amines) is 1. The Morgan fingerprint density at radius 1 is 1.32 bits per heavy atom. The largest absolute Gasteiger partial charge is 0.481 e. The maximum Gasteiger partial charge on any atom is 0.308 e. The minimum Gasteiger partial charge on any atom is -0.481 e. The molecule has 25 heavy (non-hydrogen) atoms. The standard InChI is InChI=1S/C19H25FN2O3/c1-19(2)8-5-9-22(11-19)17(23)15-10-13(18(24)25)16(21-15)12-6-3-4-7-14(12)20/h3-4,6-7,13,15-16,21H,5,8-11H2,1-2H3,(H,24,25). The van der Waals surface area contributed by atoms with Gasteiger partial charge in [0.25, 0.3) is 0 Å². The molecule has 1 amide bonds. The molecular formula is C19H25FN2O3. The van der Waals surface area contributed by atoms with Crippen LogP contribution in [0.1, 0.15) is 44.7 Å². The third-order valence-corrected chi connectivity index (χ3v) is 5.34. The SMILES string of the molecule is CC1(C)CCCN(C(=O)C2CC(C(=O)O)C(c3ccccc3F)N2)C1. The Hall–Kier alpha value is -1.95. The van der Waals surface area contributed by atoms with E-state index in [-0.39, 0.29) is 17.7 Å². The van der Waals surface area contributed by atoms with Gasteiger partial charge in [-0.25, -0.2) is 4.39 Å². The monoisotopic (exact) mass is 348 g/mol. The van der Waals surface area contributed by atoms with Crippen molar-refractivity contribution in [3.63, 3.8) is 0 Å². The van der Waals surface area contributed by atoms with Gasteiger partial charge in [-0.1, -0.05) is 32.0 Å².